The molecular weight excluding hydrogens is 444 g/mol. The number of rotatable bonds is 10. The number of ether oxygens (including phenoxy) is 2. The van der Waals surface area contributed by atoms with Crippen LogP contribution in [0.25, 0.3) is 0 Å². The SMILES string of the molecule is CCOC(=O)C1CCC(Oc2ccc(C(=O)NCCNC(=O)c3ccc(C(C)C)cc3)cc2)CC1. The van der Waals surface area contributed by atoms with E-state index < -0.39 is 0 Å². The highest BCUT2D eigenvalue weighted by Gasteiger charge is 2.28. The van der Waals surface area contributed by atoms with Crippen LogP contribution in [0.3, 0.4) is 0 Å². The van der Waals surface area contributed by atoms with Gasteiger partial charge in [0.15, 0.2) is 0 Å². The minimum absolute atomic E-state index is 0.0314. The maximum atomic E-state index is 12.4. The lowest BCUT2D eigenvalue weighted by molar-refractivity contribution is -0.149. The number of amides is 2. The predicted molar refractivity (Wildman–Crippen MR) is 135 cm³/mol. The summed E-state index contributed by atoms with van der Waals surface area (Å²) in [5.41, 5.74) is 2.32. The fourth-order valence-electron chi connectivity index (χ4n) is 4.13. The standard InChI is InChI=1S/C28H36N2O5/c1-4-34-28(33)23-11-15-25(16-12-23)35-24-13-9-22(10-14-24)27(32)30-18-17-29-26(31)21-7-5-20(6-8-21)19(2)3/h5-10,13-14,19,23,25H,4,11-12,15-18H2,1-3H3,(H,29,31)(H,30,32). The van der Waals surface area contributed by atoms with Crippen molar-refractivity contribution in [3.63, 3.8) is 0 Å². The van der Waals surface area contributed by atoms with Gasteiger partial charge in [-0.2, -0.15) is 0 Å². The van der Waals surface area contributed by atoms with E-state index in [0.29, 0.717) is 42.5 Å². The van der Waals surface area contributed by atoms with E-state index in [1.54, 1.807) is 24.3 Å². The Labute approximate surface area is 207 Å². The molecule has 1 aliphatic rings. The van der Waals surface area contributed by atoms with Crippen LogP contribution in [0.2, 0.25) is 0 Å². The second kappa shape index (κ2) is 12.9. The monoisotopic (exact) mass is 480 g/mol. The highest BCUT2D eigenvalue weighted by molar-refractivity contribution is 5.95. The Bertz CT molecular complexity index is 977. The molecule has 0 heterocycles. The van der Waals surface area contributed by atoms with Crippen molar-refractivity contribution in [2.24, 2.45) is 5.92 Å². The van der Waals surface area contributed by atoms with Gasteiger partial charge in [0, 0.05) is 24.2 Å². The molecule has 7 heteroatoms. The summed E-state index contributed by atoms with van der Waals surface area (Å²) in [4.78, 5) is 36.5. The molecular formula is C28H36N2O5. The van der Waals surface area contributed by atoms with Gasteiger partial charge in [0.25, 0.3) is 11.8 Å². The molecule has 0 radical (unpaired) electrons. The molecule has 0 aliphatic heterocycles. The van der Waals surface area contributed by atoms with Gasteiger partial charge in [-0.05, 0) is 80.5 Å². The summed E-state index contributed by atoms with van der Waals surface area (Å²) in [5.74, 6) is 0.615. The molecule has 2 amide bonds. The lowest BCUT2D eigenvalue weighted by Crippen LogP contribution is -2.34. The van der Waals surface area contributed by atoms with Crippen molar-refractivity contribution >= 4 is 17.8 Å². The van der Waals surface area contributed by atoms with E-state index in [-0.39, 0.29) is 29.8 Å². The minimum atomic E-state index is -0.206. The van der Waals surface area contributed by atoms with Crippen LogP contribution in [0.1, 0.15) is 78.7 Å². The third kappa shape index (κ3) is 7.84. The molecule has 0 aromatic heterocycles. The Morgan fingerprint density at radius 1 is 0.829 bits per heavy atom. The Hall–Kier alpha value is -3.35. The first-order chi connectivity index (χ1) is 16.9. The fourth-order valence-corrected chi connectivity index (χ4v) is 4.13. The number of carbonyl (C=O) groups excluding carboxylic acids is 3. The van der Waals surface area contributed by atoms with Crippen LogP contribution in [0, 0.1) is 5.92 Å². The Balaban J connectivity index is 1.37. The maximum Gasteiger partial charge on any atom is 0.308 e. The number of nitrogens with one attached hydrogen (secondary N) is 2. The van der Waals surface area contributed by atoms with E-state index in [1.165, 1.54) is 5.56 Å². The Morgan fingerprint density at radius 2 is 1.34 bits per heavy atom. The Morgan fingerprint density at radius 3 is 1.83 bits per heavy atom. The van der Waals surface area contributed by atoms with Crippen molar-refractivity contribution in [1.82, 2.24) is 10.6 Å². The molecule has 7 nitrogen and oxygen atoms in total. The van der Waals surface area contributed by atoms with Gasteiger partial charge in [-0.1, -0.05) is 26.0 Å². The fraction of sp³-hybridized carbons (Fsp3) is 0.464. The van der Waals surface area contributed by atoms with Crippen molar-refractivity contribution in [2.45, 2.75) is 58.5 Å². The van der Waals surface area contributed by atoms with Crippen LogP contribution in [0.4, 0.5) is 0 Å². The summed E-state index contributed by atoms with van der Waals surface area (Å²) in [7, 11) is 0. The van der Waals surface area contributed by atoms with E-state index in [0.717, 1.165) is 25.7 Å². The van der Waals surface area contributed by atoms with Crippen LogP contribution in [-0.2, 0) is 9.53 Å². The lowest BCUT2D eigenvalue weighted by atomic mass is 9.87. The first-order valence-electron chi connectivity index (χ1n) is 12.5. The third-order valence-electron chi connectivity index (χ3n) is 6.25. The third-order valence-corrected chi connectivity index (χ3v) is 6.25. The average molecular weight is 481 g/mol. The summed E-state index contributed by atoms with van der Waals surface area (Å²) < 4.78 is 11.1. The highest BCUT2D eigenvalue weighted by atomic mass is 16.5. The molecule has 1 saturated carbocycles. The van der Waals surface area contributed by atoms with Crippen LogP contribution in [0.5, 0.6) is 5.75 Å². The highest BCUT2D eigenvalue weighted by Crippen LogP contribution is 2.28. The molecule has 2 aromatic carbocycles. The van der Waals surface area contributed by atoms with Gasteiger partial charge in [0.1, 0.15) is 5.75 Å². The molecule has 2 aromatic rings. The first kappa shape index (κ1) is 26.3. The predicted octanol–water partition coefficient (Wildman–Crippen LogP) is 4.47. The Kier molecular flexibility index (Phi) is 9.70. The first-order valence-corrected chi connectivity index (χ1v) is 12.5. The van der Waals surface area contributed by atoms with Crippen molar-refractivity contribution < 1.29 is 23.9 Å². The van der Waals surface area contributed by atoms with Gasteiger partial charge < -0.3 is 20.1 Å². The van der Waals surface area contributed by atoms with E-state index in [1.807, 2.05) is 31.2 Å². The lowest BCUT2D eigenvalue weighted by Gasteiger charge is -2.27. The number of hydrogen-bond donors (Lipinski definition) is 2. The molecule has 188 valence electrons. The summed E-state index contributed by atoms with van der Waals surface area (Å²) >= 11 is 0. The van der Waals surface area contributed by atoms with Crippen LogP contribution < -0.4 is 15.4 Å². The van der Waals surface area contributed by atoms with Crippen molar-refractivity contribution in [2.75, 3.05) is 19.7 Å². The van der Waals surface area contributed by atoms with Gasteiger partial charge in [-0.3, -0.25) is 14.4 Å². The molecule has 0 saturated heterocycles. The maximum absolute atomic E-state index is 12.4. The van der Waals surface area contributed by atoms with E-state index >= 15 is 0 Å². The van der Waals surface area contributed by atoms with Gasteiger partial charge in [0.05, 0.1) is 18.6 Å². The zero-order chi connectivity index (χ0) is 25.2. The molecule has 2 N–H and O–H groups in total. The summed E-state index contributed by atoms with van der Waals surface area (Å²) in [6.45, 7) is 7.12. The minimum Gasteiger partial charge on any atom is -0.490 e. The number of hydrogen-bond acceptors (Lipinski definition) is 5. The molecule has 35 heavy (non-hydrogen) atoms. The molecule has 3 rings (SSSR count). The van der Waals surface area contributed by atoms with E-state index in [4.69, 9.17) is 9.47 Å². The molecule has 1 fully saturated rings. The van der Waals surface area contributed by atoms with E-state index in [2.05, 4.69) is 24.5 Å². The second-order valence-corrected chi connectivity index (χ2v) is 9.16. The van der Waals surface area contributed by atoms with Crippen molar-refractivity contribution in [1.29, 1.82) is 0 Å². The number of esters is 1. The van der Waals surface area contributed by atoms with Crippen LogP contribution in [-0.4, -0.2) is 43.6 Å². The van der Waals surface area contributed by atoms with Gasteiger partial charge in [-0.25, -0.2) is 0 Å². The van der Waals surface area contributed by atoms with E-state index in [9.17, 15) is 14.4 Å². The van der Waals surface area contributed by atoms with Gasteiger partial charge in [-0.15, -0.1) is 0 Å². The average Bonchev–Trinajstić information content (AvgIpc) is 2.87. The zero-order valence-corrected chi connectivity index (χ0v) is 20.8. The molecule has 0 atom stereocenters. The summed E-state index contributed by atoms with van der Waals surface area (Å²) in [5, 5.41) is 5.64. The molecule has 0 unspecified atom stereocenters. The smallest absolute Gasteiger partial charge is 0.308 e. The molecule has 0 bridgehead atoms. The summed E-state index contributed by atoms with van der Waals surface area (Å²) in [6, 6.07) is 14.6. The second-order valence-electron chi connectivity index (χ2n) is 9.16. The molecule has 0 spiro atoms. The van der Waals surface area contributed by atoms with Gasteiger partial charge >= 0.3 is 5.97 Å². The van der Waals surface area contributed by atoms with Crippen LogP contribution >= 0.6 is 0 Å². The number of benzene rings is 2. The molecule has 1 aliphatic carbocycles. The summed E-state index contributed by atoms with van der Waals surface area (Å²) in [6.07, 6.45) is 3.21. The van der Waals surface area contributed by atoms with Crippen molar-refractivity contribution in [3.8, 4) is 5.75 Å². The van der Waals surface area contributed by atoms with Crippen LogP contribution in [0.15, 0.2) is 48.5 Å². The topological polar surface area (TPSA) is 93.7 Å². The largest absolute Gasteiger partial charge is 0.490 e. The zero-order valence-electron chi connectivity index (χ0n) is 20.8. The quantitative estimate of drug-likeness (QED) is 0.387. The normalized spacial score (nSPS) is 17.5. The van der Waals surface area contributed by atoms with Gasteiger partial charge in [0.2, 0.25) is 0 Å². The number of carbonyl (C=O) groups is 3. The van der Waals surface area contributed by atoms with Crippen molar-refractivity contribution in [3.05, 3.63) is 65.2 Å².